The van der Waals surface area contributed by atoms with Crippen LogP contribution >= 0.6 is 0 Å². The smallest absolute Gasteiger partial charge is 0.282 e. The van der Waals surface area contributed by atoms with Gasteiger partial charge in [-0.3, -0.25) is 4.79 Å². The molecule has 192 valence electrons. The van der Waals surface area contributed by atoms with E-state index in [1.165, 1.54) is 4.68 Å². The zero-order valence-corrected chi connectivity index (χ0v) is 22.4. The molecule has 6 nitrogen and oxygen atoms in total. The minimum absolute atomic E-state index is 0.222. The molecule has 4 aromatic carbocycles. The summed E-state index contributed by atoms with van der Waals surface area (Å²) >= 11 is 0. The van der Waals surface area contributed by atoms with Gasteiger partial charge in [0.25, 0.3) is 5.56 Å². The summed E-state index contributed by atoms with van der Waals surface area (Å²) in [6.45, 7) is 8.82. The summed E-state index contributed by atoms with van der Waals surface area (Å²) in [4.78, 5) is 18.8. The third kappa shape index (κ3) is 4.54. The molecule has 5 rings (SSSR count). The summed E-state index contributed by atoms with van der Waals surface area (Å²) in [6.07, 6.45) is 1.69. The van der Waals surface area contributed by atoms with Gasteiger partial charge in [-0.15, -0.1) is 0 Å². The van der Waals surface area contributed by atoms with Crippen LogP contribution in [0.4, 0.5) is 0 Å². The van der Waals surface area contributed by atoms with Crippen LogP contribution in [0.1, 0.15) is 43.4 Å². The van der Waals surface area contributed by atoms with Gasteiger partial charge in [0.05, 0.1) is 30.8 Å². The van der Waals surface area contributed by atoms with Crippen LogP contribution in [0.2, 0.25) is 0 Å². The standard InChI is InChI=1S/C32H31N3O3/c1-6-38-30-17-21(4)26(18-25(30)20(2)3)31-34-28-14-10-9-13-24(28)32(36)35(31)33-19-27-23-12-8-7-11-22(23)15-16-29(27)37-5/h7-20H,6H2,1-5H3. The lowest BCUT2D eigenvalue weighted by Crippen LogP contribution is -2.21. The molecule has 0 aliphatic carbocycles. The number of para-hydroxylation sites is 1. The zero-order chi connectivity index (χ0) is 26.8. The maximum absolute atomic E-state index is 13.8. The molecule has 0 spiro atoms. The first-order valence-corrected chi connectivity index (χ1v) is 12.8. The number of benzene rings is 4. The fourth-order valence-electron chi connectivity index (χ4n) is 4.78. The molecule has 1 heterocycles. The molecule has 38 heavy (non-hydrogen) atoms. The Hall–Kier alpha value is -4.45. The molecule has 0 aliphatic heterocycles. The fourth-order valence-corrected chi connectivity index (χ4v) is 4.78. The van der Waals surface area contributed by atoms with Crippen LogP contribution < -0.4 is 15.0 Å². The molecule has 0 unspecified atom stereocenters. The third-order valence-electron chi connectivity index (χ3n) is 6.73. The average molecular weight is 506 g/mol. The molecule has 0 atom stereocenters. The van der Waals surface area contributed by atoms with Gasteiger partial charge in [-0.2, -0.15) is 9.78 Å². The SMILES string of the molecule is CCOc1cc(C)c(-c2nc3ccccc3c(=O)n2N=Cc2c(OC)ccc3ccccc23)cc1C(C)C. The molecule has 1 aromatic heterocycles. The van der Waals surface area contributed by atoms with E-state index >= 15 is 0 Å². The second kappa shape index (κ2) is 10.5. The highest BCUT2D eigenvalue weighted by atomic mass is 16.5. The van der Waals surface area contributed by atoms with E-state index < -0.39 is 0 Å². The van der Waals surface area contributed by atoms with Crippen molar-refractivity contribution in [2.75, 3.05) is 13.7 Å². The van der Waals surface area contributed by atoms with Gasteiger partial charge in [0, 0.05) is 11.1 Å². The van der Waals surface area contributed by atoms with Crippen molar-refractivity contribution in [3.05, 3.63) is 99.8 Å². The van der Waals surface area contributed by atoms with E-state index in [0.29, 0.717) is 29.1 Å². The molecule has 5 aromatic rings. The Morgan fingerprint density at radius 1 is 0.974 bits per heavy atom. The van der Waals surface area contributed by atoms with Crippen LogP contribution in [0.5, 0.6) is 11.5 Å². The van der Waals surface area contributed by atoms with E-state index in [-0.39, 0.29) is 11.5 Å². The van der Waals surface area contributed by atoms with Crippen LogP contribution in [0, 0.1) is 6.92 Å². The Morgan fingerprint density at radius 3 is 2.45 bits per heavy atom. The lowest BCUT2D eigenvalue weighted by atomic mass is 9.96. The molecule has 0 bridgehead atoms. The number of rotatable bonds is 7. The highest BCUT2D eigenvalue weighted by Gasteiger charge is 2.19. The van der Waals surface area contributed by atoms with Gasteiger partial charge in [0.15, 0.2) is 5.82 Å². The van der Waals surface area contributed by atoms with Crippen LogP contribution in [0.25, 0.3) is 33.1 Å². The monoisotopic (exact) mass is 505 g/mol. The van der Waals surface area contributed by atoms with E-state index in [1.807, 2.05) is 74.5 Å². The van der Waals surface area contributed by atoms with Crippen molar-refractivity contribution in [3.8, 4) is 22.9 Å². The van der Waals surface area contributed by atoms with Crippen molar-refractivity contribution in [1.29, 1.82) is 0 Å². The summed E-state index contributed by atoms with van der Waals surface area (Å²) in [5.74, 6) is 2.23. The quantitative estimate of drug-likeness (QED) is 0.225. The first-order chi connectivity index (χ1) is 18.4. The number of methoxy groups -OCH3 is 1. The average Bonchev–Trinajstić information content (AvgIpc) is 2.92. The summed E-state index contributed by atoms with van der Waals surface area (Å²) < 4.78 is 13.0. The van der Waals surface area contributed by atoms with Crippen molar-refractivity contribution < 1.29 is 9.47 Å². The molecular weight excluding hydrogens is 474 g/mol. The third-order valence-corrected chi connectivity index (χ3v) is 6.73. The molecule has 0 aliphatic rings. The molecular formula is C32H31N3O3. The second-order valence-electron chi connectivity index (χ2n) is 9.51. The highest BCUT2D eigenvalue weighted by molar-refractivity contribution is 6.02. The van der Waals surface area contributed by atoms with Crippen molar-refractivity contribution in [1.82, 2.24) is 9.66 Å². The number of hydrogen-bond donors (Lipinski definition) is 0. The maximum Gasteiger partial charge on any atom is 0.282 e. The molecule has 0 amide bonds. The summed E-state index contributed by atoms with van der Waals surface area (Å²) in [6, 6.07) is 23.4. The number of aryl methyl sites for hydroxylation is 1. The Morgan fingerprint density at radius 2 is 1.71 bits per heavy atom. The van der Waals surface area contributed by atoms with E-state index in [1.54, 1.807) is 19.4 Å². The van der Waals surface area contributed by atoms with Crippen molar-refractivity contribution in [2.45, 2.75) is 33.6 Å². The minimum atomic E-state index is -0.236. The van der Waals surface area contributed by atoms with E-state index in [9.17, 15) is 4.79 Å². The van der Waals surface area contributed by atoms with Crippen LogP contribution in [0.15, 0.2) is 82.7 Å². The van der Waals surface area contributed by atoms with Crippen LogP contribution in [-0.2, 0) is 0 Å². The van der Waals surface area contributed by atoms with Gasteiger partial charge in [0.1, 0.15) is 11.5 Å². The zero-order valence-electron chi connectivity index (χ0n) is 22.4. The van der Waals surface area contributed by atoms with Gasteiger partial charge in [-0.05, 0) is 72.0 Å². The number of aromatic nitrogens is 2. The first-order valence-electron chi connectivity index (χ1n) is 12.8. The predicted octanol–water partition coefficient (Wildman–Crippen LogP) is 6.94. The topological polar surface area (TPSA) is 65.7 Å². The molecule has 0 radical (unpaired) electrons. The van der Waals surface area contributed by atoms with Gasteiger partial charge < -0.3 is 9.47 Å². The lowest BCUT2D eigenvalue weighted by Gasteiger charge is -2.18. The van der Waals surface area contributed by atoms with E-state index in [0.717, 1.165) is 38.8 Å². The summed E-state index contributed by atoms with van der Waals surface area (Å²) in [7, 11) is 1.63. The molecule has 0 N–H and O–H groups in total. The number of nitrogens with zero attached hydrogens (tertiary/aromatic N) is 3. The molecule has 0 saturated carbocycles. The predicted molar refractivity (Wildman–Crippen MR) is 155 cm³/mol. The van der Waals surface area contributed by atoms with Gasteiger partial charge in [-0.1, -0.05) is 56.3 Å². The van der Waals surface area contributed by atoms with Crippen molar-refractivity contribution >= 4 is 27.9 Å². The van der Waals surface area contributed by atoms with Crippen molar-refractivity contribution in [3.63, 3.8) is 0 Å². The Labute approximate surface area is 222 Å². The van der Waals surface area contributed by atoms with Crippen LogP contribution in [-0.4, -0.2) is 29.6 Å². The maximum atomic E-state index is 13.8. The minimum Gasteiger partial charge on any atom is -0.496 e. The number of fused-ring (bicyclic) bond motifs is 2. The van der Waals surface area contributed by atoms with Crippen LogP contribution in [0.3, 0.4) is 0 Å². The normalized spacial score (nSPS) is 11.6. The molecule has 6 heteroatoms. The van der Waals surface area contributed by atoms with E-state index in [4.69, 9.17) is 19.6 Å². The first kappa shape index (κ1) is 25.2. The van der Waals surface area contributed by atoms with Gasteiger partial charge >= 0.3 is 0 Å². The summed E-state index contributed by atoms with van der Waals surface area (Å²) in [5.41, 5.74) is 4.03. The Balaban J connectivity index is 1.78. The van der Waals surface area contributed by atoms with Gasteiger partial charge in [-0.25, -0.2) is 4.98 Å². The highest BCUT2D eigenvalue weighted by Crippen LogP contribution is 2.34. The van der Waals surface area contributed by atoms with E-state index in [2.05, 4.69) is 19.9 Å². The summed E-state index contributed by atoms with van der Waals surface area (Å²) in [5, 5.41) is 7.29. The Kier molecular flexibility index (Phi) is 6.97. The largest absolute Gasteiger partial charge is 0.496 e. The lowest BCUT2D eigenvalue weighted by molar-refractivity contribution is 0.335. The second-order valence-corrected chi connectivity index (χ2v) is 9.51. The number of ether oxygens (including phenoxy) is 2. The van der Waals surface area contributed by atoms with Gasteiger partial charge in [0.2, 0.25) is 0 Å². The number of hydrogen-bond acceptors (Lipinski definition) is 5. The fraction of sp³-hybridized carbons (Fsp3) is 0.219. The Bertz CT molecular complexity index is 1730. The van der Waals surface area contributed by atoms with Crippen molar-refractivity contribution in [2.24, 2.45) is 5.10 Å². The molecule has 0 saturated heterocycles. The molecule has 0 fully saturated rings.